The Hall–Kier alpha value is -1.52. The van der Waals surface area contributed by atoms with Gasteiger partial charge in [0.25, 0.3) is 0 Å². The first kappa shape index (κ1) is 12.9. The molecule has 0 bridgehead atoms. The van der Waals surface area contributed by atoms with Crippen LogP contribution in [0.4, 0.5) is 4.79 Å². The Kier molecular flexibility index (Phi) is 3.89. The Labute approximate surface area is 107 Å². The summed E-state index contributed by atoms with van der Waals surface area (Å²) in [5, 5.41) is 2.62. The van der Waals surface area contributed by atoms with Crippen LogP contribution in [0.15, 0.2) is 12.2 Å². The first-order valence-corrected chi connectivity index (χ1v) is 6.45. The van der Waals surface area contributed by atoms with Crippen LogP contribution in [0.1, 0.15) is 32.6 Å². The molecule has 2 heterocycles. The number of hydrogen-bond donors (Lipinski definition) is 1. The summed E-state index contributed by atoms with van der Waals surface area (Å²) in [6, 6.07) is 0.0407. The molecule has 0 spiro atoms. The van der Waals surface area contributed by atoms with Gasteiger partial charge in [0.05, 0.1) is 7.11 Å². The molecule has 0 aromatic rings. The Morgan fingerprint density at radius 3 is 2.83 bits per heavy atom. The van der Waals surface area contributed by atoms with Crippen molar-refractivity contribution in [1.82, 2.24) is 10.2 Å². The van der Waals surface area contributed by atoms with Crippen molar-refractivity contribution >= 4 is 12.0 Å². The topological polar surface area (TPSA) is 58.6 Å². The molecule has 0 aromatic carbocycles. The molecular weight excluding hydrogens is 232 g/mol. The maximum atomic E-state index is 12.5. The minimum absolute atomic E-state index is 0.0137. The Bertz CT molecular complexity index is 367. The van der Waals surface area contributed by atoms with Crippen molar-refractivity contribution in [2.75, 3.05) is 7.11 Å². The summed E-state index contributed by atoms with van der Waals surface area (Å²) in [5.74, 6) is 0.0137. The number of fused-ring (bicyclic) bond motifs is 1. The van der Waals surface area contributed by atoms with Gasteiger partial charge in [-0.3, -0.25) is 4.79 Å². The summed E-state index contributed by atoms with van der Waals surface area (Å²) in [7, 11) is 1.31. The molecule has 2 aliphatic rings. The van der Waals surface area contributed by atoms with Crippen molar-refractivity contribution in [2.24, 2.45) is 0 Å². The molecule has 5 heteroatoms. The van der Waals surface area contributed by atoms with Gasteiger partial charge in [0.1, 0.15) is 6.04 Å². The highest BCUT2D eigenvalue weighted by molar-refractivity contribution is 5.86. The van der Waals surface area contributed by atoms with Gasteiger partial charge < -0.3 is 15.0 Å². The van der Waals surface area contributed by atoms with Gasteiger partial charge in [-0.1, -0.05) is 12.2 Å². The summed E-state index contributed by atoms with van der Waals surface area (Å²) in [5.41, 5.74) is 0. The van der Waals surface area contributed by atoms with E-state index in [1.807, 2.05) is 11.0 Å². The molecule has 2 aliphatic heterocycles. The predicted molar refractivity (Wildman–Crippen MR) is 67.0 cm³/mol. The standard InChI is InChI=1S/C13H20N2O3/c1-9-7-8-10-5-3-4-6-11(12(16)15(9)10)14-13(17)18-2/h3-4,9-11H,5-8H2,1-2H3,(H,14,17)/b4-3-/t9-,10-,11+/m1/s1. The van der Waals surface area contributed by atoms with Crippen molar-refractivity contribution in [2.45, 2.75) is 50.7 Å². The van der Waals surface area contributed by atoms with E-state index in [2.05, 4.69) is 23.1 Å². The molecule has 1 N–H and O–H groups in total. The number of carbonyl (C=O) groups excluding carboxylic acids is 2. The van der Waals surface area contributed by atoms with Gasteiger partial charge >= 0.3 is 6.09 Å². The second-order valence-corrected chi connectivity index (χ2v) is 4.96. The van der Waals surface area contributed by atoms with Crippen LogP contribution in [-0.2, 0) is 9.53 Å². The lowest BCUT2D eigenvalue weighted by atomic mass is 10.0. The van der Waals surface area contributed by atoms with Crippen LogP contribution in [0, 0.1) is 0 Å². The van der Waals surface area contributed by atoms with E-state index in [1.165, 1.54) is 7.11 Å². The average Bonchev–Trinajstić information content (AvgIpc) is 2.71. The van der Waals surface area contributed by atoms with Gasteiger partial charge in [0.2, 0.25) is 5.91 Å². The van der Waals surface area contributed by atoms with Gasteiger partial charge in [-0.2, -0.15) is 0 Å². The number of carbonyl (C=O) groups is 2. The zero-order valence-corrected chi connectivity index (χ0v) is 10.9. The molecule has 1 fully saturated rings. The van der Waals surface area contributed by atoms with Crippen LogP contribution in [0.2, 0.25) is 0 Å². The van der Waals surface area contributed by atoms with Crippen molar-refractivity contribution in [1.29, 1.82) is 0 Å². The molecule has 0 saturated carbocycles. The lowest BCUT2D eigenvalue weighted by Crippen LogP contribution is -2.52. The van der Waals surface area contributed by atoms with Gasteiger partial charge in [0.15, 0.2) is 0 Å². The lowest BCUT2D eigenvalue weighted by molar-refractivity contribution is -0.136. The molecule has 0 aromatic heterocycles. The van der Waals surface area contributed by atoms with E-state index in [-0.39, 0.29) is 18.0 Å². The van der Waals surface area contributed by atoms with Gasteiger partial charge in [-0.15, -0.1) is 0 Å². The second kappa shape index (κ2) is 5.42. The normalized spacial score (nSPS) is 33.3. The molecular formula is C13H20N2O3. The highest BCUT2D eigenvalue weighted by atomic mass is 16.5. The summed E-state index contributed by atoms with van der Waals surface area (Å²) in [4.78, 5) is 25.7. The van der Waals surface area contributed by atoms with E-state index in [4.69, 9.17) is 0 Å². The van der Waals surface area contributed by atoms with Crippen LogP contribution in [-0.4, -0.2) is 42.1 Å². The fourth-order valence-electron chi connectivity index (χ4n) is 2.79. The Balaban J connectivity index is 2.15. The summed E-state index contributed by atoms with van der Waals surface area (Å²) < 4.78 is 4.57. The van der Waals surface area contributed by atoms with Crippen molar-refractivity contribution in [3.8, 4) is 0 Å². The molecule has 1 saturated heterocycles. The molecule has 3 atom stereocenters. The monoisotopic (exact) mass is 252 g/mol. The predicted octanol–water partition coefficient (Wildman–Crippen LogP) is 1.44. The molecule has 0 aliphatic carbocycles. The van der Waals surface area contributed by atoms with Crippen molar-refractivity contribution in [3.05, 3.63) is 12.2 Å². The summed E-state index contributed by atoms with van der Waals surface area (Å²) in [6.45, 7) is 2.07. The molecule has 5 nitrogen and oxygen atoms in total. The molecule has 100 valence electrons. The van der Waals surface area contributed by atoms with Crippen molar-refractivity contribution < 1.29 is 14.3 Å². The fraction of sp³-hybridized carbons (Fsp3) is 0.692. The number of rotatable bonds is 1. The van der Waals surface area contributed by atoms with E-state index < -0.39 is 12.1 Å². The van der Waals surface area contributed by atoms with Gasteiger partial charge in [0, 0.05) is 12.1 Å². The zero-order chi connectivity index (χ0) is 13.1. The SMILES string of the molecule is COC(=O)N[C@H]1C/C=C\C[C@@H]2CC[C@@H](C)N2C1=O. The Morgan fingerprint density at radius 1 is 1.39 bits per heavy atom. The van der Waals surface area contributed by atoms with Gasteiger partial charge in [-0.05, 0) is 32.6 Å². The average molecular weight is 252 g/mol. The molecule has 0 radical (unpaired) electrons. The van der Waals surface area contributed by atoms with E-state index in [9.17, 15) is 9.59 Å². The largest absolute Gasteiger partial charge is 0.453 e. The number of ether oxygens (including phenoxy) is 1. The quantitative estimate of drug-likeness (QED) is 0.718. The number of hydrogen-bond acceptors (Lipinski definition) is 3. The lowest BCUT2D eigenvalue weighted by Gasteiger charge is -2.32. The number of amides is 2. The molecule has 2 amide bonds. The van der Waals surface area contributed by atoms with Crippen LogP contribution >= 0.6 is 0 Å². The smallest absolute Gasteiger partial charge is 0.407 e. The maximum Gasteiger partial charge on any atom is 0.407 e. The van der Waals surface area contributed by atoms with E-state index in [0.717, 1.165) is 19.3 Å². The van der Waals surface area contributed by atoms with Crippen LogP contribution in [0.5, 0.6) is 0 Å². The third-order valence-corrected chi connectivity index (χ3v) is 3.76. The van der Waals surface area contributed by atoms with E-state index >= 15 is 0 Å². The third-order valence-electron chi connectivity index (χ3n) is 3.76. The number of alkyl carbamates (subject to hydrolysis) is 1. The molecule has 2 rings (SSSR count). The fourth-order valence-corrected chi connectivity index (χ4v) is 2.79. The Morgan fingerprint density at radius 2 is 2.11 bits per heavy atom. The maximum absolute atomic E-state index is 12.5. The van der Waals surface area contributed by atoms with Crippen LogP contribution in [0.3, 0.4) is 0 Å². The van der Waals surface area contributed by atoms with E-state index in [1.54, 1.807) is 0 Å². The van der Waals surface area contributed by atoms with E-state index in [0.29, 0.717) is 6.42 Å². The molecule has 18 heavy (non-hydrogen) atoms. The van der Waals surface area contributed by atoms with Crippen molar-refractivity contribution in [3.63, 3.8) is 0 Å². The minimum atomic E-state index is -0.550. The van der Waals surface area contributed by atoms with Crippen LogP contribution < -0.4 is 5.32 Å². The van der Waals surface area contributed by atoms with Crippen LogP contribution in [0.25, 0.3) is 0 Å². The number of nitrogens with one attached hydrogen (secondary N) is 1. The highest BCUT2D eigenvalue weighted by Gasteiger charge is 2.37. The summed E-state index contributed by atoms with van der Waals surface area (Å²) >= 11 is 0. The third kappa shape index (κ3) is 2.49. The second-order valence-electron chi connectivity index (χ2n) is 4.96. The first-order chi connectivity index (χ1) is 8.63. The zero-order valence-electron chi connectivity index (χ0n) is 10.9. The minimum Gasteiger partial charge on any atom is -0.453 e. The molecule has 0 unspecified atom stereocenters. The number of methoxy groups -OCH3 is 1. The highest BCUT2D eigenvalue weighted by Crippen LogP contribution is 2.28. The van der Waals surface area contributed by atoms with Gasteiger partial charge in [-0.25, -0.2) is 4.79 Å². The first-order valence-electron chi connectivity index (χ1n) is 6.45. The number of nitrogens with zero attached hydrogens (tertiary/aromatic N) is 1. The summed E-state index contributed by atoms with van der Waals surface area (Å²) in [6.07, 6.45) is 7.06.